The molecule has 0 radical (unpaired) electrons. The maximum atomic E-state index is 11.9. The van der Waals surface area contributed by atoms with Gasteiger partial charge in [0.1, 0.15) is 5.75 Å². The van der Waals surface area contributed by atoms with E-state index in [9.17, 15) is 19.7 Å². The zero-order chi connectivity index (χ0) is 14.5. The maximum absolute atomic E-state index is 11.9. The first-order valence-corrected chi connectivity index (χ1v) is 5.62. The van der Waals surface area contributed by atoms with Crippen molar-refractivity contribution in [3.63, 3.8) is 0 Å². The van der Waals surface area contributed by atoms with Crippen LogP contribution in [0.5, 0.6) is 5.75 Å². The lowest BCUT2D eigenvalue weighted by atomic mass is 10.2. The summed E-state index contributed by atoms with van der Waals surface area (Å²) in [4.78, 5) is 32.6. The average Bonchev–Trinajstić information content (AvgIpc) is 2.48. The molecule has 2 rings (SSSR count). The van der Waals surface area contributed by atoms with Crippen molar-refractivity contribution in [3.8, 4) is 5.75 Å². The molecule has 100 valence electrons. The van der Waals surface area contributed by atoms with Gasteiger partial charge < -0.3 is 4.74 Å². The lowest BCUT2D eigenvalue weighted by Gasteiger charge is -2.06. The highest BCUT2D eigenvalue weighted by Gasteiger charge is 2.13. The average molecular weight is 271 g/mol. The smallest absolute Gasteiger partial charge is 0.343 e. The lowest BCUT2D eigenvalue weighted by molar-refractivity contribution is -0.384. The summed E-state index contributed by atoms with van der Waals surface area (Å²) in [6.07, 6.45) is 0.582. The zero-order valence-corrected chi connectivity index (χ0v) is 10.2. The minimum Gasteiger partial charge on any atom is -0.422 e. The Morgan fingerprint density at radius 1 is 1.10 bits per heavy atom. The molecule has 6 nitrogen and oxygen atoms in total. The van der Waals surface area contributed by atoms with Crippen LogP contribution in [0.4, 0.5) is 5.69 Å². The third kappa shape index (κ3) is 2.86. The van der Waals surface area contributed by atoms with Gasteiger partial charge in [-0.2, -0.15) is 0 Å². The van der Waals surface area contributed by atoms with Crippen LogP contribution in [0.2, 0.25) is 0 Å². The topological polar surface area (TPSA) is 86.5 Å². The van der Waals surface area contributed by atoms with Crippen LogP contribution in [0.1, 0.15) is 20.7 Å². The Morgan fingerprint density at radius 2 is 1.75 bits per heavy atom. The van der Waals surface area contributed by atoms with E-state index in [-0.39, 0.29) is 22.6 Å². The van der Waals surface area contributed by atoms with Crippen LogP contribution in [-0.4, -0.2) is 17.2 Å². The van der Waals surface area contributed by atoms with Gasteiger partial charge in [0, 0.05) is 12.1 Å². The Balaban J connectivity index is 2.19. The SMILES string of the molecule is O=Cc1ccccc1OC(=O)c1ccc([N+](=O)[O-])cc1. The Kier molecular flexibility index (Phi) is 3.85. The molecule has 0 aliphatic rings. The molecule has 2 aromatic rings. The van der Waals surface area contributed by atoms with Gasteiger partial charge in [-0.3, -0.25) is 14.9 Å². The number of esters is 1. The fraction of sp³-hybridized carbons (Fsp3) is 0. The fourth-order valence-electron chi connectivity index (χ4n) is 1.55. The first-order valence-electron chi connectivity index (χ1n) is 5.62. The van der Waals surface area contributed by atoms with Crippen LogP contribution in [-0.2, 0) is 0 Å². The monoisotopic (exact) mass is 271 g/mol. The molecule has 6 heteroatoms. The molecule has 0 unspecified atom stereocenters. The molecular weight excluding hydrogens is 262 g/mol. The van der Waals surface area contributed by atoms with Crippen molar-refractivity contribution in [3.05, 3.63) is 69.8 Å². The zero-order valence-electron chi connectivity index (χ0n) is 10.2. The van der Waals surface area contributed by atoms with Gasteiger partial charge in [-0.05, 0) is 24.3 Å². The maximum Gasteiger partial charge on any atom is 0.343 e. The van der Waals surface area contributed by atoms with Gasteiger partial charge in [0.2, 0.25) is 0 Å². The van der Waals surface area contributed by atoms with Crippen molar-refractivity contribution in [1.82, 2.24) is 0 Å². The Labute approximate surface area is 113 Å². The van der Waals surface area contributed by atoms with Gasteiger partial charge in [-0.1, -0.05) is 12.1 Å². The van der Waals surface area contributed by atoms with Gasteiger partial charge in [-0.25, -0.2) is 4.79 Å². The number of carbonyl (C=O) groups is 2. The number of nitro groups is 1. The van der Waals surface area contributed by atoms with Crippen LogP contribution < -0.4 is 4.74 Å². The molecule has 0 aliphatic carbocycles. The van der Waals surface area contributed by atoms with E-state index in [1.807, 2.05) is 0 Å². The molecule has 0 saturated heterocycles. The molecule has 0 heterocycles. The standard InChI is InChI=1S/C14H9NO5/c16-9-11-3-1-2-4-13(11)20-14(17)10-5-7-12(8-6-10)15(18)19/h1-9H. The molecule has 20 heavy (non-hydrogen) atoms. The number of para-hydroxylation sites is 1. The molecule has 2 aromatic carbocycles. The first kappa shape index (κ1) is 13.4. The summed E-state index contributed by atoms with van der Waals surface area (Å²) < 4.78 is 5.08. The highest BCUT2D eigenvalue weighted by atomic mass is 16.6. The summed E-state index contributed by atoms with van der Waals surface area (Å²) in [6.45, 7) is 0. The molecule has 0 spiro atoms. The van der Waals surface area contributed by atoms with Crippen LogP contribution in [0, 0.1) is 10.1 Å². The van der Waals surface area contributed by atoms with E-state index in [2.05, 4.69) is 0 Å². The van der Waals surface area contributed by atoms with E-state index in [1.165, 1.54) is 36.4 Å². The van der Waals surface area contributed by atoms with E-state index >= 15 is 0 Å². The van der Waals surface area contributed by atoms with Crippen molar-refractivity contribution in [1.29, 1.82) is 0 Å². The Morgan fingerprint density at radius 3 is 2.35 bits per heavy atom. The highest BCUT2D eigenvalue weighted by molar-refractivity contribution is 5.92. The van der Waals surface area contributed by atoms with Gasteiger partial charge in [-0.15, -0.1) is 0 Å². The third-order valence-electron chi connectivity index (χ3n) is 2.56. The Hall–Kier alpha value is -3.02. The summed E-state index contributed by atoms with van der Waals surface area (Å²) >= 11 is 0. The predicted octanol–water partition coefficient (Wildman–Crippen LogP) is 2.63. The van der Waals surface area contributed by atoms with Gasteiger partial charge in [0.25, 0.3) is 5.69 Å². The van der Waals surface area contributed by atoms with Crippen molar-refractivity contribution < 1.29 is 19.2 Å². The Bertz CT molecular complexity index is 664. The number of nitro benzene ring substituents is 1. The van der Waals surface area contributed by atoms with Crippen LogP contribution in [0.15, 0.2) is 48.5 Å². The predicted molar refractivity (Wildman–Crippen MR) is 69.9 cm³/mol. The number of hydrogen-bond donors (Lipinski definition) is 0. The van der Waals surface area contributed by atoms with Crippen molar-refractivity contribution in [2.75, 3.05) is 0 Å². The normalized spacial score (nSPS) is 9.80. The second-order valence-electron chi connectivity index (χ2n) is 3.85. The minimum absolute atomic E-state index is 0.116. The van der Waals surface area contributed by atoms with E-state index in [0.29, 0.717) is 6.29 Å². The first-order chi connectivity index (χ1) is 9.61. The lowest BCUT2D eigenvalue weighted by Crippen LogP contribution is -2.09. The molecule has 0 saturated carbocycles. The summed E-state index contributed by atoms with van der Waals surface area (Å²) in [5, 5.41) is 10.5. The van der Waals surface area contributed by atoms with Crippen LogP contribution in [0.3, 0.4) is 0 Å². The number of ether oxygens (including phenoxy) is 1. The molecule has 0 atom stereocenters. The second-order valence-corrected chi connectivity index (χ2v) is 3.85. The summed E-state index contributed by atoms with van der Waals surface area (Å²) in [5.41, 5.74) is 0.300. The van der Waals surface area contributed by atoms with Crippen molar-refractivity contribution in [2.24, 2.45) is 0 Å². The third-order valence-corrected chi connectivity index (χ3v) is 2.56. The molecular formula is C14H9NO5. The number of aldehydes is 1. The van der Waals surface area contributed by atoms with E-state index in [4.69, 9.17) is 4.74 Å². The van der Waals surface area contributed by atoms with Crippen molar-refractivity contribution >= 4 is 17.9 Å². The highest BCUT2D eigenvalue weighted by Crippen LogP contribution is 2.18. The quantitative estimate of drug-likeness (QED) is 0.280. The molecule has 0 bridgehead atoms. The number of non-ortho nitro benzene ring substituents is 1. The molecule has 0 aliphatic heterocycles. The molecule has 0 N–H and O–H groups in total. The molecule has 0 aromatic heterocycles. The number of carbonyl (C=O) groups excluding carboxylic acids is 2. The number of benzene rings is 2. The van der Waals surface area contributed by atoms with E-state index in [1.54, 1.807) is 12.1 Å². The summed E-state index contributed by atoms with van der Waals surface area (Å²) in [6, 6.07) is 11.3. The molecule has 0 amide bonds. The van der Waals surface area contributed by atoms with Gasteiger partial charge >= 0.3 is 5.97 Å². The second kappa shape index (κ2) is 5.75. The number of rotatable bonds is 4. The van der Waals surface area contributed by atoms with E-state index < -0.39 is 10.9 Å². The fourth-order valence-corrected chi connectivity index (χ4v) is 1.55. The van der Waals surface area contributed by atoms with Gasteiger partial charge in [0.05, 0.1) is 16.1 Å². The summed E-state index contributed by atoms with van der Waals surface area (Å²) in [5.74, 6) is -0.542. The number of hydrogen-bond acceptors (Lipinski definition) is 5. The largest absolute Gasteiger partial charge is 0.422 e. The minimum atomic E-state index is -0.686. The van der Waals surface area contributed by atoms with Gasteiger partial charge in [0.15, 0.2) is 6.29 Å². The summed E-state index contributed by atoms with van der Waals surface area (Å²) in [7, 11) is 0. The number of nitrogens with zero attached hydrogens (tertiary/aromatic N) is 1. The van der Waals surface area contributed by atoms with Crippen LogP contribution >= 0.6 is 0 Å². The van der Waals surface area contributed by atoms with Crippen molar-refractivity contribution in [2.45, 2.75) is 0 Å². The van der Waals surface area contributed by atoms with Crippen LogP contribution in [0.25, 0.3) is 0 Å². The molecule has 0 fully saturated rings. The van der Waals surface area contributed by atoms with E-state index in [0.717, 1.165) is 0 Å².